The lowest BCUT2D eigenvalue weighted by atomic mass is 10.1. The Hall–Kier alpha value is -2.60. The van der Waals surface area contributed by atoms with E-state index >= 15 is 0 Å². The number of hydrogen-bond acceptors (Lipinski definition) is 5. The summed E-state index contributed by atoms with van der Waals surface area (Å²) in [7, 11) is 1.93. The second kappa shape index (κ2) is 9.42. The van der Waals surface area contributed by atoms with Crippen LogP contribution in [0.1, 0.15) is 22.4 Å². The molecule has 0 atom stereocenters. The number of nitrogens with one attached hydrogen (secondary N) is 2. The van der Waals surface area contributed by atoms with Crippen molar-refractivity contribution in [3.63, 3.8) is 0 Å². The van der Waals surface area contributed by atoms with E-state index in [9.17, 15) is 0 Å². The average molecular weight is 316 g/mol. The zero-order valence-corrected chi connectivity index (χ0v) is 14.0. The molecule has 0 radical (unpaired) electrons. The highest BCUT2D eigenvalue weighted by Gasteiger charge is 2.07. The molecule has 0 saturated heterocycles. The Morgan fingerprint density at radius 2 is 1.87 bits per heavy atom. The van der Waals surface area contributed by atoms with Crippen LogP contribution in [0.3, 0.4) is 0 Å². The molecule has 1 aromatic heterocycles. The van der Waals surface area contributed by atoms with Crippen LogP contribution < -0.4 is 21.3 Å². The van der Waals surface area contributed by atoms with Gasteiger partial charge >= 0.3 is 0 Å². The summed E-state index contributed by atoms with van der Waals surface area (Å²) in [4.78, 5) is 13.4. The number of amides is 1. The summed E-state index contributed by atoms with van der Waals surface area (Å²) in [6, 6.07) is 10.2. The van der Waals surface area contributed by atoms with E-state index < -0.39 is 0 Å². The van der Waals surface area contributed by atoms with E-state index in [-0.39, 0.29) is 0 Å². The molecule has 6 nitrogen and oxygen atoms in total. The number of nitrogens with zero attached hydrogens (tertiary/aromatic N) is 1. The monoisotopic (exact) mass is 316 g/mol. The van der Waals surface area contributed by atoms with Gasteiger partial charge in [0.1, 0.15) is 6.61 Å². The molecule has 6 heteroatoms. The second-order valence-corrected chi connectivity index (χ2v) is 5.00. The highest BCUT2D eigenvalue weighted by molar-refractivity contribution is 5.53. The zero-order chi connectivity index (χ0) is 17.2. The first-order valence-electron chi connectivity index (χ1n) is 7.26. The number of aromatic nitrogens is 1. The molecule has 0 aliphatic rings. The first kappa shape index (κ1) is 18.4. The summed E-state index contributed by atoms with van der Waals surface area (Å²) in [5, 5.41) is 3.20. The summed E-state index contributed by atoms with van der Waals surface area (Å²) < 4.78 is 5.88. The molecule has 1 amide bonds. The Morgan fingerprint density at radius 3 is 2.48 bits per heavy atom. The quantitative estimate of drug-likeness (QED) is 0.341. The van der Waals surface area contributed by atoms with E-state index in [4.69, 9.17) is 9.53 Å². The average Bonchev–Trinajstić information content (AvgIpc) is 2.56. The molecular weight excluding hydrogens is 292 g/mol. The molecule has 124 valence electrons. The minimum atomic E-state index is 0.403. The summed E-state index contributed by atoms with van der Waals surface area (Å²) in [6.45, 7) is 6.61. The first-order valence-corrected chi connectivity index (χ1v) is 7.26. The van der Waals surface area contributed by atoms with Gasteiger partial charge in [0.15, 0.2) is 0 Å². The number of ether oxygens (including phenoxy) is 1. The van der Waals surface area contributed by atoms with Crippen LogP contribution in [0.15, 0.2) is 30.3 Å². The minimum absolute atomic E-state index is 0.403. The maximum Gasteiger partial charge on any atom is 0.221 e. The number of carbonyl (C=O) groups excluding carboxylic acids is 1. The van der Waals surface area contributed by atoms with Gasteiger partial charge in [-0.15, -0.1) is 0 Å². The Balaban J connectivity index is 0.000000593. The summed E-state index contributed by atoms with van der Waals surface area (Å²) in [5.74, 6) is 5.12. The van der Waals surface area contributed by atoms with E-state index in [2.05, 4.69) is 35.2 Å². The Labute approximate surface area is 137 Å². The van der Waals surface area contributed by atoms with Crippen molar-refractivity contribution in [3.05, 3.63) is 52.7 Å². The third-order valence-corrected chi connectivity index (χ3v) is 3.29. The van der Waals surface area contributed by atoms with Gasteiger partial charge in [-0.2, -0.15) is 0 Å². The topological polar surface area (TPSA) is 89.3 Å². The molecule has 23 heavy (non-hydrogen) atoms. The summed E-state index contributed by atoms with van der Waals surface area (Å²) in [5.41, 5.74) is 7.28. The van der Waals surface area contributed by atoms with Crippen LogP contribution in [0.2, 0.25) is 0 Å². The Morgan fingerprint density at radius 1 is 1.17 bits per heavy atom. The van der Waals surface area contributed by atoms with Crippen molar-refractivity contribution in [2.45, 2.75) is 27.4 Å². The fourth-order valence-corrected chi connectivity index (χ4v) is 2.02. The van der Waals surface area contributed by atoms with Crippen molar-refractivity contribution in [2.75, 3.05) is 12.4 Å². The van der Waals surface area contributed by atoms with Gasteiger partial charge in [0, 0.05) is 29.6 Å². The molecule has 2 aromatic rings. The molecule has 0 bridgehead atoms. The van der Waals surface area contributed by atoms with Gasteiger partial charge in [-0.3, -0.25) is 10.2 Å². The summed E-state index contributed by atoms with van der Waals surface area (Å²) in [6.07, 6.45) is 0.403. The second-order valence-electron chi connectivity index (χ2n) is 5.00. The third kappa shape index (κ3) is 5.60. The fourth-order valence-electron chi connectivity index (χ4n) is 2.02. The van der Waals surface area contributed by atoms with Gasteiger partial charge in [-0.25, -0.2) is 10.8 Å². The van der Waals surface area contributed by atoms with Crippen molar-refractivity contribution >= 4 is 12.1 Å². The largest absolute Gasteiger partial charge is 0.473 e. The molecule has 0 fully saturated rings. The number of aryl methyl sites for hydroxylation is 3. The molecule has 1 aromatic carbocycles. The first-order chi connectivity index (χ1) is 11.0. The van der Waals surface area contributed by atoms with Gasteiger partial charge in [-0.1, -0.05) is 18.2 Å². The summed E-state index contributed by atoms with van der Waals surface area (Å²) >= 11 is 0. The maximum atomic E-state index is 8.94. The van der Waals surface area contributed by atoms with Crippen molar-refractivity contribution in [3.8, 4) is 5.88 Å². The normalized spacial score (nSPS) is 9.43. The number of rotatable bonds is 5. The van der Waals surface area contributed by atoms with Crippen molar-refractivity contribution in [2.24, 2.45) is 5.84 Å². The number of carbonyl (C=O) groups is 1. The maximum absolute atomic E-state index is 8.94. The number of nitrogens with two attached hydrogens (primary N) is 1. The molecular formula is C17H24N4O2. The molecule has 0 aliphatic carbocycles. The smallest absolute Gasteiger partial charge is 0.221 e. The third-order valence-electron chi connectivity index (χ3n) is 3.29. The van der Waals surface area contributed by atoms with Crippen LogP contribution in [-0.4, -0.2) is 18.4 Å². The highest BCUT2D eigenvalue weighted by Crippen LogP contribution is 2.22. The molecule has 4 N–H and O–H groups in total. The predicted molar refractivity (Wildman–Crippen MR) is 92.2 cm³/mol. The lowest BCUT2D eigenvalue weighted by Gasteiger charge is -2.14. The van der Waals surface area contributed by atoms with Crippen LogP contribution in [0.4, 0.5) is 5.69 Å². The van der Waals surface area contributed by atoms with Gasteiger partial charge in [0.05, 0.1) is 0 Å². The Kier molecular flexibility index (Phi) is 7.56. The van der Waals surface area contributed by atoms with Crippen molar-refractivity contribution in [1.82, 2.24) is 10.4 Å². The number of hydrazine groups is 1. The van der Waals surface area contributed by atoms with E-state index in [1.165, 1.54) is 11.1 Å². The lowest BCUT2D eigenvalue weighted by molar-refractivity contribution is -0.109. The number of pyridine rings is 1. The molecule has 1 heterocycles. The van der Waals surface area contributed by atoms with Crippen LogP contribution in [0.25, 0.3) is 0 Å². The van der Waals surface area contributed by atoms with Gasteiger partial charge < -0.3 is 10.1 Å². The van der Waals surface area contributed by atoms with Crippen molar-refractivity contribution in [1.29, 1.82) is 0 Å². The molecule has 0 saturated carbocycles. The van der Waals surface area contributed by atoms with Gasteiger partial charge in [0.2, 0.25) is 12.3 Å². The SMILES string of the molecule is CNc1cccc(C)c1COc1nc(C)ccc1C.NNC=O. The zero-order valence-electron chi connectivity index (χ0n) is 14.0. The highest BCUT2D eigenvalue weighted by atomic mass is 16.5. The van der Waals surface area contributed by atoms with Crippen LogP contribution in [0, 0.1) is 20.8 Å². The van der Waals surface area contributed by atoms with E-state index in [1.54, 1.807) is 5.43 Å². The van der Waals surface area contributed by atoms with Gasteiger partial charge in [0.25, 0.3) is 0 Å². The molecule has 0 aliphatic heterocycles. The van der Waals surface area contributed by atoms with Crippen LogP contribution in [0.5, 0.6) is 5.88 Å². The predicted octanol–water partition coefficient (Wildman–Crippen LogP) is 2.23. The Bertz CT molecular complexity index is 644. The van der Waals surface area contributed by atoms with E-state index in [0.717, 1.165) is 16.9 Å². The molecule has 2 rings (SSSR count). The number of benzene rings is 1. The standard InChI is InChI=1S/C16H20N2O.CH4N2O/c1-11-6-5-7-15(17-4)14(11)10-19-16-12(2)8-9-13(3)18-16;2-3-1-4/h5-9,17H,10H2,1-4H3;1H,2H2,(H,3,4). The minimum Gasteiger partial charge on any atom is -0.473 e. The van der Waals surface area contributed by atoms with Gasteiger partial charge in [-0.05, 0) is 38.5 Å². The molecule has 0 spiro atoms. The van der Waals surface area contributed by atoms with Crippen molar-refractivity contribution < 1.29 is 9.53 Å². The number of hydrogen-bond donors (Lipinski definition) is 3. The van der Waals surface area contributed by atoms with E-state index in [0.29, 0.717) is 18.9 Å². The van der Waals surface area contributed by atoms with Crippen LogP contribution in [-0.2, 0) is 11.4 Å². The van der Waals surface area contributed by atoms with Crippen LogP contribution >= 0.6 is 0 Å². The van der Waals surface area contributed by atoms with E-state index in [1.807, 2.05) is 39.1 Å². The number of anilines is 1. The lowest BCUT2D eigenvalue weighted by Crippen LogP contribution is -2.18. The fraction of sp³-hybridized carbons (Fsp3) is 0.294. The molecule has 0 unspecified atom stereocenters.